The highest BCUT2D eigenvalue weighted by molar-refractivity contribution is 7.99. The molecule has 0 fully saturated rings. The molecule has 1 N–H and O–H groups in total. The fraction of sp³-hybridized carbons (Fsp3) is 0.154. The number of fused-ring (bicyclic) bond motifs is 3. The molecule has 7 nitrogen and oxygen atoms in total. The number of rotatable bonds is 7. The molecule has 2 heterocycles. The highest BCUT2D eigenvalue weighted by Gasteiger charge is 2.19. The molecule has 9 heteroatoms. The summed E-state index contributed by atoms with van der Waals surface area (Å²) in [6, 6.07) is 21.1. The number of hydrogen-bond donors (Lipinski definition) is 1. The Morgan fingerprint density at radius 1 is 1.00 bits per heavy atom. The van der Waals surface area contributed by atoms with E-state index >= 15 is 0 Å². The molecular formula is C26H22FN5O2S. The molecule has 0 bridgehead atoms. The van der Waals surface area contributed by atoms with Crippen LogP contribution in [0.5, 0.6) is 0 Å². The van der Waals surface area contributed by atoms with Crippen LogP contribution in [0.4, 0.5) is 4.39 Å². The Kier molecular flexibility index (Phi) is 6.33. The van der Waals surface area contributed by atoms with Crippen molar-refractivity contribution < 1.29 is 9.18 Å². The zero-order chi connectivity index (χ0) is 24.4. The van der Waals surface area contributed by atoms with E-state index in [0.29, 0.717) is 34.8 Å². The van der Waals surface area contributed by atoms with Gasteiger partial charge in [-0.3, -0.25) is 14.0 Å². The molecule has 0 aliphatic heterocycles. The minimum atomic E-state index is -0.282. The Morgan fingerprint density at radius 3 is 2.54 bits per heavy atom. The lowest BCUT2D eigenvalue weighted by Crippen LogP contribution is -2.27. The minimum Gasteiger partial charge on any atom is -0.355 e. The van der Waals surface area contributed by atoms with E-state index in [1.54, 1.807) is 22.8 Å². The molecule has 35 heavy (non-hydrogen) atoms. The monoisotopic (exact) mass is 487 g/mol. The first-order valence-corrected chi connectivity index (χ1v) is 12.1. The average Bonchev–Trinajstić information content (AvgIpc) is 3.29. The van der Waals surface area contributed by atoms with Crippen LogP contribution in [0.25, 0.3) is 22.4 Å². The van der Waals surface area contributed by atoms with Gasteiger partial charge in [0.05, 0.1) is 22.3 Å². The molecule has 2 aromatic heterocycles. The van der Waals surface area contributed by atoms with Gasteiger partial charge in [-0.15, -0.1) is 10.2 Å². The SMILES string of the molecule is Cc1ccccc1-n1c(=O)c2ccccc2n2c(SCC(=O)NCCc3ccc(F)cc3)nnc12. The summed E-state index contributed by atoms with van der Waals surface area (Å²) in [7, 11) is 0. The molecule has 0 saturated heterocycles. The van der Waals surface area contributed by atoms with Gasteiger partial charge in [-0.25, -0.2) is 8.96 Å². The minimum absolute atomic E-state index is 0.141. The molecule has 0 aliphatic rings. The third kappa shape index (κ3) is 4.54. The van der Waals surface area contributed by atoms with Crippen LogP contribution < -0.4 is 10.9 Å². The number of aromatic nitrogens is 4. The van der Waals surface area contributed by atoms with Gasteiger partial charge in [0, 0.05) is 6.54 Å². The number of carbonyl (C=O) groups excluding carboxylic acids is 1. The van der Waals surface area contributed by atoms with E-state index in [-0.39, 0.29) is 23.0 Å². The first-order chi connectivity index (χ1) is 17.0. The summed E-state index contributed by atoms with van der Waals surface area (Å²) in [6.45, 7) is 2.39. The number of nitrogens with zero attached hydrogens (tertiary/aromatic N) is 4. The zero-order valence-corrected chi connectivity index (χ0v) is 19.8. The van der Waals surface area contributed by atoms with Gasteiger partial charge < -0.3 is 5.32 Å². The molecule has 0 saturated carbocycles. The number of aryl methyl sites for hydroxylation is 1. The van der Waals surface area contributed by atoms with Gasteiger partial charge in [-0.1, -0.05) is 54.2 Å². The number of halogens is 1. The first-order valence-electron chi connectivity index (χ1n) is 11.1. The van der Waals surface area contributed by atoms with Crippen LogP contribution in [0, 0.1) is 12.7 Å². The van der Waals surface area contributed by atoms with E-state index < -0.39 is 0 Å². The second-order valence-electron chi connectivity index (χ2n) is 8.08. The largest absolute Gasteiger partial charge is 0.355 e. The van der Waals surface area contributed by atoms with Gasteiger partial charge in [0.2, 0.25) is 11.7 Å². The highest BCUT2D eigenvalue weighted by Crippen LogP contribution is 2.24. The molecule has 5 rings (SSSR count). The molecule has 0 unspecified atom stereocenters. The molecule has 0 atom stereocenters. The number of carbonyl (C=O) groups is 1. The molecule has 3 aromatic carbocycles. The van der Waals surface area contributed by atoms with Crippen molar-refractivity contribution in [3.05, 3.63) is 100 Å². The van der Waals surface area contributed by atoms with E-state index in [4.69, 9.17) is 0 Å². The summed E-state index contributed by atoms with van der Waals surface area (Å²) >= 11 is 1.25. The number of para-hydroxylation sites is 2. The van der Waals surface area contributed by atoms with E-state index in [9.17, 15) is 14.0 Å². The predicted octanol–water partition coefficient (Wildman–Crippen LogP) is 3.93. The van der Waals surface area contributed by atoms with Gasteiger partial charge in [-0.05, 0) is 54.8 Å². The van der Waals surface area contributed by atoms with Crippen LogP contribution in [0.15, 0.2) is 82.7 Å². The van der Waals surface area contributed by atoms with E-state index in [1.165, 1.54) is 23.9 Å². The predicted molar refractivity (Wildman–Crippen MR) is 135 cm³/mol. The molecule has 0 spiro atoms. The Morgan fingerprint density at radius 2 is 1.74 bits per heavy atom. The first kappa shape index (κ1) is 22.8. The van der Waals surface area contributed by atoms with Crippen LogP contribution >= 0.6 is 11.8 Å². The number of amides is 1. The molecule has 0 radical (unpaired) electrons. The van der Waals surface area contributed by atoms with Crippen LogP contribution in [0.3, 0.4) is 0 Å². The Hall–Kier alpha value is -3.98. The number of thioether (sulfide) groups is 1. The van der Waals surface area contributed by atoms with Crippen LogP contribution in [0.1, 0.15) is 11.1 Å². The van der Waals surface area contributed by atoms with Crippen LogP contribution in [-0.2, 0) is 11.2 Å². The van der Waals surface area contributed by atoms with Crippen molar-refractivity contribution in [2.24, 2.45) is 0 Å². The quantitative estimate of drug-likeness (QED) is 0.352. The topological polar surface area (TPSA) is 81.3 Å². The van der Waals surface area contributed by atoms with Crippen molar-refractivity contribution >= 4 is 34.3 Å². The summed E-state index contributed by atoms with van der Waals surface area (Å²) in [5.74, 6) is 0.102. The summed E-state index contributed by atoms with van der Waals surface area (Å²) in [4.78, 5) is 25.9. The Labute approximate surface area is 204 Å². The second kappa shape index (κ2) is 9.71. The maximum atomic E-state index is 13.4. The number of nitrogens with one attached hydrogen (secondary N) is 1. The summed E-state index contributed by atoms with van der Waals surface area (Å²) in [6.07, 6.45) is 0.609. The van der Waals surface area contributed by atoms with Gasteiger partial charge in [0.1, 0.15) is 5.82 Å². The normalized spacial score (nSPS) is 11.3. The Balaban J connectivity index is 1.41. The van der Waals surface area contributed by atoms with Crippen molar-refractivity contribution in [3.63, 3.8) is 0 Å². The third-order valence-corrected chi connectivity index (χ3v) is 6.66. The lowest BCUT2D eigenvalue weighted by molar-refractivity contribution is -0.118. The molecule has 5 aromatic rings. The van der Waals surface area contributed by atoms with Crippen LogP contribution in [-0.4, -0.2) is 37.4 Å². The molecule has 176 valence electrons. The smallest absolute Gasteiger partial charge is 0.267 e. The average molecular weight is 488 g/mol. The van der Waals surface area contributed by atoms with E-state index in [2.05, 4.69) is 15.5 Å². The van der Waals surface area contributed by atoms with E-state index in [0.717, 1.165) is 16.8 Å². The molecule has 1 amide bonds. The van der Waals surface area contributed by atoms with E-state index in [1.807, 2.05) is 53.8 Å². The summed E-state index contributed by atoms with van der Waals surface area (Å²) in [5, 5.41) is 12.6. The standard InChI is InChI=1S/C26H22FN5O2S/c1-17-6-2-4-8-21(17)31-24(34)20-7-3-5-9-22(20)32-25(31)29-30-26(32)35-16-23(33)28-15-14-18-10-12-19(27)13-11-18/h2-13H,14-16H2,1H3,(H,28,33). The van der Waals surface area contributed by atoms with Gasteiger partial charge >= 0.3 is 0 Å². The number of hydrogen-bond acceptors (Lipinski definition) is 5. The van der Waals surface area contributed by atoms with Gasteiger partial charge in [0.15, 0.2) is 5.16 Å². The molecule has 0 aliphatic carbocycles. The summed E-state index contributed by atoms with van der Waals surface area (Å²) in [5.41, 5.74) is 3.12. The lowest BCUT2D eigenvalue weighted by Gasteiger charge is -2.13. The van der Waals surface area contributed by atoms with Gasteiger partial charge in [0.25, 0.3) is 5.56 Å². The fourth-order valence-electron chi connectivity index (χ4n) is 3.98. The summed E-state index contributed by atoms with van der Waals surface area (Å²) < 4.78 is 16.4. The van der Waals surface area contributed by atoms with Crippen molar-refractivity contribution in [2.45, 2.75) is 18.5 Å². The molecular weight excluding hydrogens is 465 g/mol. The lowest BCUT2D eigenvalue weighted by atomic mass is 10.1. The highest BCUT2D eigenvalue weighted by atomic mass is 32.2. The number of benzene rings is 3. The van der Waals surface area contributed by atoms with Crippen molar-refractivity contribution in [3.8, 4) is 5.69 Å². The maximum Gasteiger partial charge on any atom is 0.267 e. The maximum absolute atomic E-state index is 13.4. The van der Waals surface area contributed by atoms with Gasteiger partial charge in [-0.2, -0.15) is 0 Å². The zero-order valence-electron chi connectivity index (χ0n) is 18.9. The van der Waals surface area contributed by atoms with Crippen LogP contribution in [0.2, 0.25) is 0 Å². The van der Waals surface area contributed by atoms with Crippen molar-refractivity contribution in [2.75, 3.05) is 12.3 Å². The van der Waals surface area contributed by atoms with Crippen molar-refractivity contribution in [1.29, 1.82) is 0 Å². The third-order valence-electron chi connectivity index (χ3n) is 5.73. The Bertz CT molecular complexity index is 1590. The second-order valence-corrected chi connectivity index (χ2v) is 9.02. The van der Waals surface area contributed by atoms with Crippen molar-refractivity contribution in [1.82, 2.24) is 24.5 Å². The fourth-order valence-corrected chi connectivity index (χ4v) is 4.75.